The molecule has 0 aliphatic carbocycles. The molecule has 1 aliphatic heterocycles. The predicted molar refractivity (Wildman–Crippen MR) is 96.4 cm³/mol. The second kappa shape index (κ2) is 7.71. The van der Waals surface area contributed by atoms with Crippen LogP contribution in [0.1, 0.15) is 58.9 Å². The Kier molecular flexibility index (Phi) is 5.91. The van der Waals surface area contributed by atoms with E-state index < -0.39 is 5.60 Å². The average Bonchev–Trinajstić information content (AvgIpc) is 2.49. The number of nitrogens with one attached hydrogen (secondary N) is 1. The lowest BCUT2D eigenvalue weighted by Crippen LogP contribution is -2.39. The number of amides is 1. The fourth-order valence-corrected chi connectivity index (χ4v) is 2.80. The number of hydrogen-bond acceptors (Lipinski definition) is 3. The van der Waals surface area contributed by atoms with Crippen molar-refractivity contribution in [1.82, 2.24) is 0 Å². The molecule has 1 N–H and O–H groups in total. The monoisotopic (exact) mass is 318 g/mol. The van der Waals surface area contributed by atoms with Gasteiger partial charge in [0.05, 0.1) is 5.69 Å². The van der Waals surface area contributed by atoms with Gasteiger partial charge >= 0.3 is 6.09 Å². The molecule has 1 aromatic carbocycles. The number of hydrogen-bond donors (Lipinski definition) is 1. The second-order valence-electron chi connectivity index (χ2n) is 7.21. The highest BCUT2D eigenvalue weighted by Gasteiger charge is 2.27. The summed E-state index contributed by atoms with van der Waals surface area (Å²) in [6.07, 6.45) is 5.38. The highest BCUT2D eigenvalue weighted by molar-refractivity contribution is 5.90. The first-order valence-corrected chi connectivity index (χ1v) is 8.78. The first kappa shape index (κ1) is 17.6. The molecule has 0 atom stereocenters. The molecule has 1 aromatic rings. The highest BCUT2D eigenvalue weighted by atomic mass is 16.6. The fraction of sp³-hybridized carbons (Fsp3) is 0.632. The summed E-state index contributed by atoms with van der Waals surface area (Å²) < 4.78 is 5.55. The van der Waals surface area contributed by atoms with Crippen molar-refractivity contribution in [2.75, 3.05) is 23.3 Å². The molecule has 2 rings (SSSR count). The molecule has 0 unspecified atom stereocenters. The van der Waals surface area contributed by atoms with Gasteiger partial charge in [0, 0.05) is 18.8 Å². The summed E-state index contributed by atoms with van der Waals surface area (Å²) in [5.74, 6) is 0. The molecule has 128 valence electrons. The molecule has 1 aliphatic rings. The third-order valence-electron chi connectivity index (χ3n) is 3.93. The molecule has 0 fully saturated rings. The van der Waals surface area contributed by atoms with Crippen LogP contribution in [0, 0.1) is 0 Å². The SMILES string of the molecule is CCCCCNc1ccc2c(c1)N(C(=O)OC(C)(C)C)CCC2. The third kappa shape index (κ3) is 5.15. The molecule has 4 nitrogen and oxygen atoms in total. The number of rotatable bonds is 5. The van der Waals surface area contributed by atoms with Gasteiger partial charge in [-0.1, -0.05) is 25.8 Å². The second-order valence-corrected chi connectivity index (χ2v) is 7.21. The van der Waals surface area contributed by atoms with Gasteiger partial charge in [-0.3, -0.25) is 4.90 Å². The van der Waals surface area contributed by atoms with Crippen molar-refractivity contribution in [3.63, 3.8) is 0 Å². The van der Waals surface area contributed by atoms with Gasteiger partial charge in [-0.2, -0.15) is 0 Å². The van der Waals surface area contributed by atoms with Gasteiger partial charge < -0.3 is 10.1 Å². The van der Waals surface area contributed by atoms with Gasteiger partial charge in [0.25, 0.3) is 0 Å². The number of benzene rings is 1. The minimum absolute atomic E-state index is 0.249. The number of aryl methyl sites for hydroxylation is 1. The molecule has 0 bridgehead atoms. The van der Waals surface area contributed by atoms with Gasteiger partial charge in [-0.15, -0.1) is 0 Å². The molecule has 0 saturated heterocycles. The maximum atomic E-state index is 12.5. The lowest BCUT2D eigenvalue weighted by atomic mass is 10.0. The Morgan fingerprint density at radius 1 is 1.30 bits per heavy atom. The number of nitrogens with zero attached hydrogens (tertiary/aromatic N) is 1. The summed E-state index contributed by atoms with van der Waals surface area (Å²) in [6, 6.07) is 6.34. The van der Waals surface area contributed by atoms with Crippen LogP contribution in [-0.2, 0) is 11.2 Å². The molecule has 0 aromatic heterocycles. The minimum atomic E-state index is -0.468. The Labute approximate surface area is 140 Å². The summed E-state index contributed by atoms with van der Waals surface area (Å²) in [4.78, 5) is 14.2. The first-order valence-electron chi connectivity index (χ1n) is 8.78. The van der Waals surface area contributed by atoms with Crippen LogP contribution in [0.2, 0.25) is 0 Å². The van der Waals surface area contributed by atoms with E-state index in [2.05, 4.69) is 30.4 Å². The molecule has 1 amide bonds. The number of fused-ring (bicyclic) bond motifs is 1. The van der Waals surface area contributed by atoms with Crippen LogP contribution in [0.15, 0.2) is 18.2 Å². The maximum Gasteiger partial charge on any atom is 0.414 e. The Morgan fingerprint density at radius 2 is 2.09 bits per heavy atom. The van der Waals surface area contributed by atoms with E-state index >= 15 is 0 Å². The Morgan fingerprint density at radius 3 is 2.78 bits per heavy atom. The van der Waals surface area contributed by atoms with E-state index in [1.165, 1.54) is 24.8 Å². The van der Waals surface area contributed by atoms with E-state index in [1.54, 1.807) is 4.90 Å². The quantitative estimate of drug-likeness (QED) is 0.779. The van der Waals surface area contributed by atoms with Crippen LogP contribution in [0.4, 0.5) is 16.2 Å². The molecule has 23 heavy (non-hydrogen) atoms. The molecule has 0 radical (unpaired) electrons. The summed E-state index contributed by atoms with van der Waals surface area (Å²) in [5, 5.41) is 3.46. The zero-order valence-electron chi connectivity index (χ0n) is 14.9. The Bertz CT molecular complexity index is 535. The third-order valence-corrected chi connectivity index (χ3v) is 3.93. The van der Waals surface area contributed by atoms with Crippen molar-refractivity contribution in [3.8, 4) is 0 Å². The van der Waals surface area contributed by atoms with Crippen molar-refractivity contribution < 1.29 is 9.53 Å². The molecule has 0 saturated carbocycles. The highest BCUT2D eigenvalue weighted by Crippen LogP contribution is 2.31. The van der Waals surface area contributed by atoms with Crippen LogP contribution >= 0.6 is 0 Å². The molecule has 0 spiro atoms. The van der Waals surface area contributed by atoms with Crippen molar-refractivity contribution in [2.45, 2.75) is 65.4 Å². The lowest BCUT2D eigenvalue weighted by Gasteiger charge is -2.32. The van der Waals surface area contributed by atoms with Gasteiger partial charge in [0.15, 0.2) is 0 Å². The van der Waals surface area contributed by atoms with Crippen molar-refractivity contribution in [2.24, 2.45) is 0 Å². The number of anilines is 2. The van der Waals surface area contributed by atoms with E-state index in [0.29, 0.717) is 0 Å². The standard InChI is InChI=1S/C19H30N2O2/c1-5-6-7-12-20-16-11-10-15-9-8-13-21(17(15)14-16)18(22)23-19(2,3)4/h10-11,14,20H,5-9,12-13H2,1-4H3. The summed E-state index contributed by atoms with van der Waals surface area (Å²) >= 11 is 0. The van der Waals surface area contributed by atoms with Crippen LogP contribution < -0.4 is 10.2 Å². The normalized spacial score (nSPS) is 14.3. The number of ether oxygens (including phenoxy) is 1. The van der Waals surface area contributed by atoms with Gasteiger partial charge in [-0.05, 0) is 57.7 Å². The lowest BCUT2D eigenvalue weighted by molar-refractivity contribution is 0.0578. The Hall–Kier alpha value is -1.71. The van der Waals surface area contributed by atoms with E-state index in [0.717, 1.165) is 37.3 Å². The van der Waals surface area contributed by atoms with E-state index in [1.807, 2.05) is 20.8 Å². The van der Waals surface area contributed by atoms with E-state index in [9.17, 15) is 4.79 Å². The van der Waals surface area contributed by atoms with Crippen molar-refractivity contribution >= 4 is 17.5 Å². The summed E-state index contributed by atoms with van der Waals surface area (Å²) in [5.41, 5.74) is 2.83. The fourth-order valence-electron chi connectivity index (χ4n) is 2.80. The van der Waals surface area contributed by atoms with Crippen LogP contribution in [0.5, 0.6) is 0 Å². The number of unbranched alkanes of at least 4 members (excludes halogenated alkanes) is 2. The minimum Gasteiger partial charge on any atom is -0.443 e. The zero-order valence-corrected chi connectivity index (χ0v) is 14.9. The van der Waals surface area contributed by atoms with Gasteiger partial charge in [0.2, 0.25) is 0 Å². The number of carbonyl (C=O) groups excluding carboxylic acids is 1. The van der Waals surface area contributed by atoms with Gasteiger partial charge in [0.1, 0.15) is 5.60 Å². The van der Waals surface area contributed by atoms with E-state index in [-0.39, 0.29) is 6.09 Å². The van der Waals surface area contributed by atoms with Crippen molar-refractivity contribution in [3.05, 3.63) is 23.8 Å². The van der Waals surface area contributed by atoms with Crippen LogP contribution in [0.25, 0.3) is 0 Å². The predicted octanol–water partition coefficient (Wildman–Crippen LogP) is 4.98. The maximum absolute atomic E-state index is 12.5. The Balaban J connectivity index is 2.10. The largest absolute Gasteiger partial charge is 0.443 e. The van der Waals surface area contributed by atoms with Crippen LogP contribution in [-0.4, -0.2) is 24.8 Å². The molecular formula is C19H30N2O2. The number of carbonyl (C=O) groups is 1. The summed E-state index contributed by atoms with van der Waals surface area (Å²) in [7, 11) is 0. The first-order chi connectivity index (χ1) is 10.9. The molecule has 1 heterocycles. The average molecular weight is 318 g/mol. The molecule has 4 heteroatoms. The van der Waals surface area contributed by atoms with Crippen molar-refractivity contribution in [1.29, 1.82) is 0 Å². The topological polar surface area (TPSA) is 41.6 Å². The van der Waals surface area contributed by atoms with Gasteiger partial charge in [-0.25, -0.2) is 4.79 Å². The summed E-state index contributed by atoms with van der Waals surface area (Å²) in [6.45, 7) is 9.61. The molecular weight excluding hydrogens is 288 g/mol. The smallest absolute Gasteiger partial charge is 0.414 e. The van der Waals surface area contributed by atoms with Crippen LogP contribution in [0.3, 0.4) is 0 Å². The zero-order chi connectivity index (χ0) is 16.9. The van der Waals surface area contributed by atoms with E-state index in [4.69, 9.17) is 4.74 Å².